The molecule has 0 aliphatic heterocycles. The number of carboxylic acid groups (broad SMARTS) is 1. The van der Waals surface area contributed by atoms with Gasteiger partial charge in [-0.2, -0.15) is 13.2 Å². The molecule has 16 heavy (non-hydrogen) atoms. The monoisotopic (exact) mass is 231 g/mol. The van der Waals surface area contributed by atoms with Crippen LogP contribution in [0.15, 0.2) is 18.2 Å². The molecule has 0 amide bonds. The fourth-order valence-corrected chi connectivity index (χ4v) is 1.27. The van der Waals surface area contributed by atoms with Crippen molar-refractivity contribution in [2.75, 3.05) is 0 Å². The molecule has 0 saturated heterocycles. The lowest BCUT2D eigenvalue weighted by atomic mass is 10.1. The number of rotatable bonds is 4. The largest absolute Gasteiger partial charge is 0.481 e. The van der Waals surface area contributed by atoms with Gasteiger partial charge in [0.05, 0.1) is 5.56 Å². The summed E-state index contributed by atoms with van der Waals surface area (Å²) in [7, 11) is 0. The Morgan fingerprint density at radius 3 is 2.62 bits per heavy atom. The molecule has 0 aliphatic carbocycles. The highest BCUT2D eigenvalue weighted by Crippen LogP contribution is 2.29. The number of benzene rings is 1. The second kappa shape index (κ2) is 5.01. The molecule has 0 aliphatic rings. The molecule has 0 bridgehead atoms. The van der Waals surface area contributed by atoms with E-state index in [4.69, 9.17) is 5.11 Å². The summed E-state index contributed by atoms with van der Waals surface area (Å²) in [4.78, 5) is 10.2. The predicted octanol–water partition coefficient (Wildman–Crippen LogP) is 2.91. The molecule has 0 unspecified atom stereocenters. The molecule has 0 fully saturated rings. The Hall–Kier alpha value is -1.52. The van der Waals surface area contributed by atoms with E-state index in [1.54, 1.807) is 0 Å². The first kappa shape index (κ1) is 12.5. The number of hydrogen-bond donors (Lipinski definition) is 1. The van der Waals surface area contributed by atoms with Crippen LogP contribution >= 0.6 is 0 Å². The highest BCUT2D eigenvalue weighted by atomic mass is 19.4. The van der Waals surface area contributed by atoms with E-state index in [1.807, 2.05) is 0 Å². The van der Waals surface area contributed by atoms with Gasteiger partial charge < -0.3 is 5.11 Å². The molecular weight excluding hydrogens is 221 g/mol. The molecular formula is C11H10F3O2. The Bertz CT molecular complexity index is 372. The average Bonchev–Trinajstić information content (AvgIpc) is 2.16. The van der Waals surface area contributed by atoms with Crippen LogP contribution in [-0.4, -0.2) is 11.1 Å². The molecule has 5 heteroatoms. The van der Waals surface area contributed by atoms with Gasteiger partial charge in [0, 0.05) is 6.42 Å². The second-order valence-electron chi connectivity index (χ2n) is 3.37. The summed E-state index contributed by atoms with van der Waals surface area (Å²) in [6, 6.07) is 5.75. The quantitative estimate of drug-likeness (QED) is 0.865. The third-order valence-electron chi connectivity index (χ3n) is 2.03. The summed E-state index contributed by atoms with van der Waals surface area (Å²) in [6.45, 7) is 0. The zero-order chi connectivity index (χ0) is 12.2. The van der Waals surface area contributed by atoms with E-state index in [1.165, 1.54) is 6.07 Å². The molecule has 2 nitrogen and oxygen atoms in total. The minimum Gasteiger partial charge on any atom is -0.481 e. The van der Waals surface area contributed by atoms with Crippen molar-refractivity contribution in [3.05, 3.63) is 35.4 Å². The molecule has 0 aromatic heterocycles. The molecule has 1 aromatic rings. The van der Waals surface area contributed by atoms with Crippen LogP contribution in [0.1, 0.15) is 24.0 Å². The Morgan fingerprint density at radius 1 is 1.38 bits per heavy atom. The number of carboxylic acids is 1. The molecule has 1 rings (SSSR count). The summed E-state index contributed by atoms with van der Waals surface area (Å²) in [5.74, 6) is -0.948. The third-order valence-corrected chi connectivity index (χ3v) is 2.03. The van der Waals surface area contributed by atoms with Gasteiger partial charge in [-0.1, -0.05) is 6.07 Å². The van der Waals surface area contributed by atoms with E-state index in [2.05, 4.69) is 6.07 Å². The first-order chi connectivity index (χ1) is 7.39. The maximum Gasteiger partial charge on any atom is 0.416 e. The van der Waals surface area contributed by atoms with Crippen molar-refractivity contribution in [2.24, 2.45) is 0 Å². The van der Waals surface area contributed by atoms with Gasteiger partial charge in [0.1, 0.15) is 0 Å². The number of alkyl halides is 3. The summed E-state index contributed by atoms with van der Waals surface area (Å²) in [5, 5.41) is 8.39. The van der Waals surface area contributed by atoms with Gasteiger partial charge in [-0.05, 0) is 36.6 Å². The molecule has 0 spiro atoms. The van der Waals surface area contributed by atoms with E-state index in [9.17, 15) is 18.0 Å². The van der Waals surface area contributed by atoms with Crippen molar-refractivity contribution in [1.82, 2.24) is 0 Å². The molecule has 1 N–H and O–H groups in total. The van der Waals surface area contributed by atoms with Crippen molar-refractivity contribution < 1.29 is 23.1 Å². The van der Waals surface area contributed by atoms with Crippen molar-refractivity contribution in [2.45, 2.75) is 25.4 Å². The van der Waals surface area contributed by atoms with Gasteiger partial charge in [0.25, 0.3) is 0 Å². The average molecular weight is 231 g/mol. The van der Waals surface area contributed by atoms with Crippen LogP contribution < -0.4 is 0 Å². The molecule has 1 aromatic carbocycles. The topological polar surface area (TPSA) is 37.3 Å². The molecule has 87 valence electrons. The highest BCUT2D eigenvalue weighted by Gasteiger charge is 2.30. The fraction of sp³-hybridized carbons (Fsp3) is 0.364. The zero-order valence-electron chi connectivity index (χ0n) is 8.34. The first-order valence-electron chi connectivity index (χ1n) is 4.68. The van der Waals surface area contributed by atoms with Crippen molar-refractivity contribution >= 4 is 5.97 Å². The van der Waals surface area contributed by atoms with Crippen LogP contribution in [0.2, 0.25) is 0 Å². The van der Waals surface area contributed by atoms with Crippen molar-refractivity contribution in [1.29, 1.82) is 0 Å². The number of aliphatic carboxylic acids is 1. The standard InChI is InChI=1S/C11H10F3O2/c12-11(13,14)9-5-1-3-8(7-9)4-2-6-10(15)16/h3,5,7H,2,4,6H2,(H,15,16). The SMILES string of the molecule is O=C(O)CCCc1c[c]cc(C(F)(F)F)c1. The van der Waals surface area contributed by atoms with Gasteiger partial charge in [0.15, 0.2) is 0 Å². The Kier molecular flexibility index (Phi) is 3.93. The number of carbonyl (C=O) groups is 1. The van der Waals surface area contributed by atoms with Gasteiger partial charge in [-0.15, -0.1) is 0 Å². The summed E-state index contributed by atoms with van der Waals surface area (Å²) >= 11 is 0. The van der Waals surface area contributed by atoms with Gasteiger partial charge in [-0.25, -0.2) is 0 Å². The smallest absolute Gasteiger partial charge is 0.416 e. The van der Waals surface area contributed by atoms with Gasteiger partial charge in [-0.3, -0.25) is 4.79 Å². The molecule has 0 heterocycles. The number of aryl methyl sites for hydroxylation is 1. The maximum atomic E-state index is 12.3. The Morgan fingerprint density at radius 2 is 2.06 bits per heavy atom. The second-order valence-corrected chi connectivity index (χ2v) is 3.37. The number of halogens is 3. The summed E-state index contributed by atoms with van der Waals surface area (Å²) < 4.78 is 36.9. The lowest BCUT2D eigenvalue weighted by Gasteiger charge is -2.07. The van der Waals surface area contributed by atoms with Crippen LogP contribution in [0.4, 0.5) is 13.2 Å². The summed E-state index contributed by atoms with van der Waals surface area (Å²) in [5.41, 5.74) is -0.295. The van der Waals surface area contributed by atoms with E-state index < -0.39 is 17.7 Å². The van der Waals surface area contributed by atoms with Gasteiger partial charge >= 0.3 is 12.1 Å². The number of hydrogen-bond acceptors (Lipinski definition) is 1. The lowest BCUT2D eigenvalue weighted by Crippen LogP contribution is -2.05. The predicted molar refractivity (Wildman–Crippen MR) is 50.9 cm³/mol. The van der Waals surface area contributed by atoms with Crippen LogP contribution in [0.5, 0.6) is 0 Å². The normalized spacial score (nSPS) is 11.4. The van der Waals surface area contributed by atoms with E-state index in [0.29, 0.717) is 18.4 Å². The minimum absolute atomic E-state index is 0.0454. The fourth-order valence-electron chi connectivity index (χ4n) is 1.27. The first-order valence-corrected chi connectivity index (χ1v) is 4.68. The van der Waals surface area contributed by atoms with E-state index in [-0.39, 0.29) is 6.42 Å². The van der Waals surface area contributed by atoms with Crippen LogP contribution in [0, 0.1) is 6.07 Å². The minimum atomic E-state index is -4.38. The molecule has 0 saturated carbocycles. The Labute approximate surface area is 90.7 Å². The van der Waals surface area contributed by atoms with Gasteiger partial charge in [0.2, 0.25) is 0 Å². The lowest BCUT2D eigenvalue weighted by molar-refractivity contribution is -0.138. The van der Waals surface area contributed by atoms with E-state index >= 15 is 0 Å². The highest BCUT2D eigenvalue weighted by molar-refractivity contribution is 5.66. The maximum absolute atomic E-state index is 12.3. The van der Waals surface area contributed by atoms with Crippen LogP contribution in [0.3, 0.4) is 0 Å². The molecule has 1 radical (unpaired) electrons. The van der Waals surface area contributed by atoms with Crippen molar-refractivity contribution in [3.8, 4) is 0 Å². The Balaban J connectivity index is 2.64. The van der Waals surface area contributed by atoms with E-state index in [0.717, 1.165) is 12.1 Å². The zero-order valence-corrected chi connectivity index (χ0v) is 8.34. The third kappa shape index (κ3) is 3.92. The molecule has 0 atom stereocenters. The van der Waals surface area contributed by atoms with Crippen molar-refractivity contribution in [3.63, 3.8) is 0 Å². The van der Waals surface area contributed by atoms with Crippen LogP contribution in [-0.2, 0) is 17.4 Å². The summed E-state index contributed by atoms with van der Waals surface area (Å²) in [6.07, 6.45) is -3.78. The van der Waals surface area contributed by atoms with Crippen LogP contribution in [0.25, 0.3) is 0 Å².